The molecule has 2 aromatic rings. The number of aromatic nitrogens is 1. The van der Waals surface area contributed by atoms with E-state index in [-0.39, 0.29) is 24.0 Å². The van der Waals surface area contributed by atoms with Gasteiger partial charge in [-0.3, -0.25) is 0 Å². The molecule has 28 heavy (non-hydrogen) atoms. The lowest BCUT2D eigenvalue weighted by Gasteiger charge is -2.17. The van der Waals surface area contributed by atoms with E-state index in [2.05, 4.69) is 53.7 Å². The van der Waals surface area contributed by atoms with Crippen LogP contribution in [0.4, 0.5) is 5.82 Å². The molecule has 0 atom stereocenters. The van der Waals surface area contributed by atoms with Crippen LogP contribution in [0, 0.1) is 6.92 Å². The van der Waals surface area contributed by atoms with Crippen molar-refractivity contribution in [2.45, 2.75) is 33.9 Å². The zero-order valence-corrected chi connectivity index (χ0v) is 19.8. The molecule has 6 nitrogen and oxygen atoms in total. The fourth-order valence-corrected chi connectivity index (χ4v) is 2.74. The summed E-state index contributed by atoms with van der Waals surface area (Å²) in [6.45, 7) is 8.77. The highest BCUT2D eigenvalue weighted by atomic mass is 127. The molecule has 0 fully saturated rings. The van der Waals surface area contributed by atoms with E-state index in [0.29, 0.717) is 19.7 Å². The van der Waals surface area contributed by atoms with Gasteiger partial charge >= 0.3 is 0 Å². The Kier molecular flexibility index (Phi) is 10.7. The second-order valence-electron chi connectivity index (χ2n) is 6.47. The van der Waals surface area contributed by atoms with Gasteiger partial charge in [0.1, 0.15) is 11.6 Å². The Balaban J connectivity index is 0.00000392. The third-order valence-electron chi connectivity index (χ3n) is 4.01. The molecule has 0 spiro atoms. The molecule has 1 heterocycles. The summed E-state index contributed by atoms with van der Waals surface area (Å²) in [7, 11) is 4.00. The lowest BCUT2D eigenvalue weighted by molar-refractivity contribution is 0.336. The summed E-state index contributed by atoms with van der Waals surface area (Å²) >= 11 is 0. The summed E-state index contributed by atoms with van der Waals surface area (Å²) in [6, 6.07) is 10.3. The topological polar surface area (TPSA) is 61.8 Å². The van der Waals surface area contributed by atoms with Crippen LogP contribution in [0.15, 0.2) is 41.5 Å². The summed E-state index contributed by atoms with van der Waals surface area (Å²) in [5.41, 5.74) is 3.39. The van der Waals surface area contributed by atoms with Crippen molar-refractivity contribution in [3.8, 4) is 5.75 Å². The number of anilines is 1. The first kappa shape index (κ1) is 24.0. The minimum Gasteiger partial charge on any atom is -0.494 e. The molecule has 0 aliphatic carbocycles. The summed E-state index contributed by atoms with van der Waals surface area (Å²) in [6.07, 6.45) is 1.81. The van der Waals surface area contributed by atoms with Crippen LogP contribution in [0.1, 0.15) is 30.5 Å². The summed E-state index contributed by atoms with van der Waals surface area (Å²) < 4.78 is 5.76. The Morgan fingerprint density at radius 1 is 1.14 bits per heavy atom. The molecule has 1 aromatic heterocycles. The SMILES string of the molecule is CCNC(=NCc1ccc(C)cc1OCC)NCc1cccnc1N(C)C.I. The average molecular weight is 497 g/mol. The smallest absolute Gasteiger partial charge is 0.191 e. The van der Waals surface area contributed by atoms with Crippen molar-refractivity contribution in [2.24, 2.45) is 4.99 Å². The summed E-state index contributed by atoms with van der Waals surface area (Å²) in [5.74, 6) is 2.63. The number of guanidine groups is 1. The number of rotatable bonds is 8. The number of nitrogens with one attached hydrogen (secondary N) is 2. The highest BCUT2D eigenvalue weighted by Gasteiger charge is 2.07. The van der Waals surface area contributed by atoms with Gasteiger partial charge in [0, 0.05) is 44.5 Å². The van der Waals surface area contributed by atoms with E-state index < -0.39 is 0 Å². The number of aliphatic imine (C=N–C) groups is 1. The molecule has 0 saturated carbocycles. The Morgan fingerprint density at radius 2 is 1.93 bits per heavy atom. The standard InChI is InChI=1S/C21H31N5O.HI/c1-6-22-21(25-15-18-9-8-12-23-20(18)26(4)5)24-14-17-11-10-16(3)13-19(17)27-7-2;/h8-13H,6-7,14-15H2,1-5H3,(H2,22,24,25);1H. The molecule has 0 bridgehead atoms. The van der Waals surface area contributed by atoms with Gasteiger partial charge in [0.2, 0.25) is 0 Å². The van der Waals surface area contributed by atoms with E-state index >= 15 is 0 Å². The molecule has 2 rings (SSSR count). The Labute approximate surface area is 185 Å². The van der Waals surface area contributed by atoms with Gasteiger partial charge in [-0.2, -0.15) is 0 Å². The van der Waals surface area contributed by atoms with Crippen LogP contribution in [0.5, 0.6) is 5.75 Å². The van der Waals surface area contributed by atoms with Crippen LogP contribution in [0.25, 0.3) is 0 Å². The maximum absolute atomic E-state index is 5.76. The molecule has 0 unspecified atom stereocenters. The van der Waals surface area contributed by atoms with E-state index in [4.69, 9.17) is 9.73 Å². The molecular formula is C21H32IN5O. The Morgan fingerprint density at radius 3 is 2.61 bits per heavy atom. The van der Waals surface area contributed by atoms with Crippen molar-refractivity contribution in [3.05, 3.63) is 53.2 Å². The molecule has 0 aliphatic heterocycles. The van der Waals surface area contributed by atoms with Crippen molar-refractivity contribution in [2.75, 3.05) is 32.1 Å². The average Bonchev–Trinajstić information content (AvgIpc) is 2.65. The van der Waals surface area contributed by atoms with Crippen LogP contribution in [-0.4, -0.2) is 38.2 Å². The number of pyridine rings is 1. The molecule has 2 N–H and O–H groups in total. The van der Waals surface area contributed by atoms with E-state index in [0.717, 1.165) is 35.2 Å². The summed E-state index contributed by atoms with van der Waals surface area (Å²) in [4.78, 5) is 11.2. The largest absolute Gasteiger partial charge is 0.494 e. The maximum Gasteiger partial charge on any atom is 0.191 e. The molecule has 0 amide bonds. The maximum atomic E-state index is 5.76. The van der Waals surface area contributed by atoms with Crippen molar-refractivity contribution < 1.29 is 4.74 Å². The second-order valence-corrected chi connectivity index (χ2v) is 6.47. The second kappa shape index (κ2) is 12.4. The van der Waals surface area contributed by atoms with Gasteiger partial charge in [-0.05, 0) is 38.5 Å². The monoisotopic (exact) mass is 497 g/mol. The molecule has 1 aromatic carbocycles. The number of hydrogen-bond acceptors (Lipinski definition) is 4. The van der Waals surface area contributed by atoms with Crippen LogP contribution >= 0.6 is 24.0 Å². The number of ether oxygens (including phenoxy) is 1. The summed E-state index contributed by atoms with van der Waals surface area (Å²) in [5, 5.41) is 6.70. The van der Waals surface area contributed by atoms with E-state index in [1.807, 2.05) is 38.2 Å². The van der Waals surface area contributed by atoms with Gasteiger partial charge in [0.25, 0.3) is 0 Å². The number of nitrogens with zero attached hydrogens (tertiary/aromatic N) is 3. The normalized spacial score (nSPS) is 10.8. The first-order valence-electron chi connectivity index (χ1n) is 9.40. The van der Waals surface area contributed by atoms with Gasteiger partial charge in [-0.25, -0.2) is 9.98 Å². The highest BCUT2D eigenvalue weighted by molar-refractivity contribution is 14.0. The van der Waals surface area contributed by atoms with E-state index in [9.17, 15) is 0 Å². The fourth-order valence-electron chi connectivity index (χ4n) is 2.74. The minimum absolute atomic E-state index is 0. The predicted octanol–water partition coefficient (Wildman–Crippen LogP) is 3.73. The van der Waals surface area contributed by atoms with Crippen LogP contribution in [0.3, 0.4) is 0 Å². The molecule has 0 radical (unpaired) electrons. The highest BCUT2D eigenvalue weighted by Crippen LogP contribution is 2.21. The van der Waals surface area contributed by atoms with Crippen molar-refractivity contribution in [1.29, 1.82) is 0 Å². The lowest BCUT2D eigenvalue weighted by Crippen LogP contribution is -2.37. The molecule has 7 heteroatoms. The van der Waals surface area contributed by atoms with Crippen molar-refractivity contribution in [1.82, 2.24) is 15.6 Å². The first-order chi connectivity index (χ1) is 13.0. The predicted molar refractivity (Wildman–Crippen MR) is 128 cm³/mol. The first-order valence-corrected chi connectivity index (χ1v) is 9.40. The fraction of sp³-hybridized carbons (Fsp3) is 0.429. The number of halogens is 1. The zero-order chi connectivity index (χ0) is 19.6. The molecule has 0 saturated heterocycles. The van der Waals surface area contributed by atoms with Crippen molar-refractivity contribution >= 4 is 35.8 Å². The number of benzene rings is 1. The number of hydrogen-bond donors (Lipinski definition) is 2. The minimum atomic E-state index is 0. The lowest BCUT2D eigenvalue weighted by atomic mass is 10.1. The van der Waals surface area contributed by atoms with E-state index in [1.54, 1.807) is 0 Å². The molecule has 154 valence electrons. The Hall–Kier alpha value is -2.03. The van der Waals surface area contributed by atoms with Gasteiger partial charge in [0.15, 0.2) is 5.96 Å². The number of aryl methyl sites for hydroxylation is 1. The molecular weight excluding hydrogens is 465 g/mol. The van der Waals surface area contributed by atoms with E-state index in [1.165, 1.54) is 5.56 Å². The van der Waals surface area contributed by atoms with Crippen LogP contribution in [-0.2, 0) is 13.1 Å². The zero-order valence-electron chi connectivity index (χ0n) is 17.5. The third-order valence-corrected chi connectivity index (χ3v) is 4.01. The third kappa shape index (κ3) is 7.18. The van der Waals surface area contributed by atoms with Crippen molar-refractivity contribution in [3.63, 3.8) is 0 Å². The van der Waals surface area contributed by atoms with Gasteiger partial charge in [0.05, 0.1) is 13.2 Å². The van der Waals surface area contributed by atoms with Crippen LogP contribution < -0.4 is 20.3 Å². The van der Waals surface area contributed by atoms with Gasteiger partial charge in [-0.15, -0.1) is 24.0 Å². The van der Waals surface area contributed by atoms with Gasteiger partial charge in [-0.1, -0.05) is 18.2 Å². The van der Waals surface area contributed by atoms with Gasteiger partial charge < -0.3 is 20.3 Å². The Bertz CT molecular complexity index is 764. The van der Waals surface area contributed by atoms with Crippen LogP contribution in [0.2, 0.25) is 0 Å². The molecule has 0 aliphatic rings. The quantitative estimate of drug-likeness (QED) is 0.331.